The zero-order chi connectivity index (χ0) is 13.2. The average Bonchev–Trinajstić information content (AvgIpc) is 2.70. The van der Waals surface area contributed by atoms with E-state index in [-0.39, 0.29) is 6.10 Å². The van der Waals surface area contributed by atoms with Crippen molar-refractivity contribution in [2.45, 2.75) is 45.3 Å². The molecule has 0 bridgehead atoms. The number of rotatable bonds is 2. The molecular weight excluding hydrogens is 234 g/mol. The Bertz CT molecular complexity index is 570. The van der Waals surface area contributed by atoms with Gasteiger partial charge in [0.15, 0.2) is 0 Å². The summed E-state index contributed by atoms with van der Waals surface area (Å²) in [6.45, 7) is 3.01. The molecule has 1 N–H and O–H groups in total. The number of aliphatic hydroxyl groups excluding tert-OH is 1. The van der Waals surface area contributed by atoms with Crippen molar-refractivity contribution in [2.24, 2.45) is 0 Å². The summed E-state index contributed by atoms with van der Waals surface area (Å²) in [5, 5.41) is 10.2. The predicted molar refractivity (Wildman–Crippen MR) is 77.2 cm³/mol. The van der Waals surface area contributed by atoms with Gasteiger partial charge in [0.2, 0.25) is 0 Å². The first-order chi connectivity index (χ1) is 9.22. The van der Waals surface area contributed by atoms with Crippen LogP contribution in [0.3, 0.4) is 0 Å². The number of hydrogen-bond donors (Lipinski definition) is 1. The van der Waals surface area contributed by atoms with Gasteiger partial charge >= 0.3 is 0 Å². The number of aromatic nitrogens is 1. The van der Waals surface area contributed by atoms with E-state index in [1.54, 1.807) is 0 Å². The zero-order valence-electron chi connectivity index (χ0n) is 11.5. The summed E-state index contributed by atoms with van der Waals surface area (Å²) in [6, 6.07) is 8.61. The molecule has 0 saturated heterocycles. The monoisotopic (exact) mass is 255 g/mol. The largest absolute Gasteiger partial charge is 0.388 e. The predicted octanol–water partition coefficient (Wildman–Crippen LogP) is 3.60. The van der Waals surface area contributed by atoms with Crippen LogP contribution in [0.25, 0.3) is 0 Å². The molecule has 2 heteroatoms. The van der Waals surface area contributed by atoms with E-state index in [9.17, 15) is 5.11 Å². The van der Waals surface area contributed by atoms with Crippen LogP contribution in [0.4, 0.5) is 0 Å². The summed E-state index contributed by atoms with van der Waals surface area (Å²) in [6.07, 6.45) is 8.41. The fraction of sp³-hybridized carbons (Fsp3) is 0.412. The van der Waals surface area contributed by atoms with Crippen molar-refractivity contribution in [2.75, 3.05) is 0 Å². The Morgan fingerprint density at radius 1 is 1.26 bits per heavy atom. The Morgan fingerprint density at radius 3 is 3.00 bits per heavy atom. The van der Waals surface area contributed by atoms with E-state index in [2.05, 4.69) is 48.1 Å². The number of aliphatic hydroxyl groups is 1. The van der Waals surface area contributed by atoms with E-state index < -0.39 is 0 Å². The van der Waals surface area contributed by atoms with Gasteiger partial charge < -0.3 is 9.67 Å². The summed E-state index contributed by atoms with van der Waals surface area (Å²) in [5.74, 6) is 0. The Balaban J connectivity index is 1.85. The first-order valence-electron chi connectivity index (χ1n) is 7.14. The van der Waals surface area contributed by atoms with Crippen LogP contribution in [0, 0.1) is 6.92 Å². The van der Waals surface area contributed by atoms with Crippen LogP contribution in [0.1, 0.15) is 47.6 Å². The lowest BCUT2D eigenvalue weighted by molar-refractivity contribution is 0.166. The third-order valence-corrected chi connectivity index (χ3v) is 3.98. The maximum Gasteiger partial charge on any atom is 0.0807 e. The summed E-state index contributed by atoms with van der Waals surface area (Å²) in [7, 11) is 0. The van der Waals surface area contributed by atoms with Gasteiger partial charge in [0.1, 0.15) is 0 Å². The van der Waals surface area contributed by atoms with Gasteiger partial charge in [0, 0.05) is 24.5 Å². The summed E-state index contributed by atoms with van der Waals surface area (Å²) in [5.41, 5.74) is 5.09. The van der Waals surface area contributed by atoms with Gasteiger partial charge in [-0.3, -0.25) is 0 Å². The van der Waals surface area contributed by atoms with Crippen LogP contribution in [0.5, 0.6) is 0 Å². The highest BCUT2D eigenvalue weighted by atomic mass is 16.3. The molecule has 1 aromatic heterocycles. The molecule has 19 heavy (non-hydrogen) atoms. The van der Waals surface area contributed by atoms with Crippen LogP contribution >= 0.6 is 0 Å². The Kier molecular flexibility index (Phi) is 3.43. The summed E-state index contributed by atoms with van der Waals surface area (Å²) >= 11 is 0. The van der Waals surface area contributed by atoms with Crippen molar-refractivity contribution in [3.05, 3.63) is 58.9 Å². The molecule has 1 heterocycles. The molecule has 0 fully saturated rings. The third-order valence-electron chi connectivity index (χ3n) is 3.98. The fourth-order valence-electron chi connectivity index (χ4n) is 3.00. The molecule has 2 nitrogen and oxygen atoms in total. The molecule has 0 aliphatic heterocycles. The first-order valence-corrected chi connectivity index (χ1v) is 7.14. The van der Waals surface area contributed by atoms with Gasteiger partial charge in [-0.2, -0.15) is 0 Å². The minimum Gasteiger partial charge on any atom is -0.388 e. The van der Waals surface area contributed by atoms with E-state index >= 15 is 0 Å². The number of aryl methyl sites for hydroxylation is 2. The van der Waals surface area contributed by atoms with Gasteiger partial charge in [0.25, 0.3) is 0 Å². The SMILES string of the molecule is Cc1cccc(Cn2cc3c(c2)C(O)CCCC3)c1. The van der Waals surface area contributed by atoms with Crippen molar-refractivity contribution in [1.82, 2.24) is 4.57 Å². The zero-order valence-corrected chi connectivity index (χ0v) is 11.5. The van der Waals surface area contributed by atoms with Crippen molar-refractivity contribution in [3.63, 3.8) is 0 Å². The minimum absolute atomic E-state index is 0.267. The first kappa shape index (κ1) is 12.5. The molecule has 0 amide bonds. The standard InChI is InChI=1S/C17H21NO/c1-13-5-4-6-14(9-13)10-18-11-15-7-2-3-8-17(19)16(15)12-18/h4-6,9,11-12,17,19H,2-3,7-8,10H2,1H3. The molecule has 0 saturated carbocycles. The van der Waals surface area contributed by atoms with Crippen molar-refractivity contribution < 1.29 is 5.11 Å². The second kappa shape index (κ2) is 5.22. The lowest BCUT2D eigenvalue weighted by atomic mass is 10.1. The fourth-order valence-corrected chi connectivity index (χ4v) is 3.00. The number of hydrogen-bond acceptors (Lipinski definition) is 1. The molecule has 3 rings (SSSR count). The molecule has 2 aromatic rings. The molecule has 1 atom stereocenters. The maximum atomic E-state index is 10.2. The molecule has 1 aliphatic rings. The van der Waals surface area contributed by atoms with Gasteiger partial charge in [-0.1, -0.05) is 36.2 Å². The van der Waals surface area contributed by atoms with Crippen molar-refractivity contribution in [1.29, 1.82) is 0 Å². The topological polar surface area (TPSA) is 25.2 Å². The number of benzene rings is 1. The summed E-state index contributed by atoms with van der Waals surface area (Å²) in [4.78, 5) is 0. The molecule has 0 spiro atoms. The minimum atomic E-state index is -0.267. The maximum absolute atomic E-state index is 10.2. The number of nitrogens with zero attached hydrogens (tertiary/aromatic N) is 1. The van der Waals surface area contributed by atoms with Crippen LogP contribution in [0.2, 0.25) is 0 Å². The van der Waals surface area contributed by atoms with E-state index in [0.29, 0.717) is 0 Å². The lowest BCUT2D eigenvalue weighted by Crippen LogP contribution is -1.98. The molecule has 100 valence electrons. The summed E-state index contributed by atoms with van der Waals surface area (Å²) < 4.78 is 2.22. The molecule has 1 aliphatic carbocycles. The van der Waals surface area contributed by atoms with Gasteiger partial charge in [-0.15, -0.1) is 0 Å². The highest BCUT2D eigenvalue weighted by Crippen LogP contribution is 2.29. The van der Waals surface area contributed by atoms with Crippen LogP contribution in [0.15, 0.2) is 36.7 Å². The van der Waals surface area contributed by atoms with Crippen molar-refractivity contribution in [3.8, 4) is 0 Å². The third kappa shape index (κ3) is 2.74. The second-order valence-electron chi connectivity index (χ2n) is 5.66. The molecule has 0 radical (unpaired) electrons. The van der Waals surface area contributed by atoms with Crippen LogP contribution in [-0.4, -0.2) is 9.67 Å². The van der Waals surface area contributed by atoms with Gasteiger partial charge in [-0.05, 0) is 37.3 Å². The van der Waals surface area contributed by atoms with Crippen molar-refractivity contribution >= 4 is 0 Å². The van der Waals surface area contributed by atoms with E-state index in [0.717, 1.165) is 31.4 Å². The quantitative estimate of drug-likeness (QED) is 0.815. The second-order valence-corrected chi connectivity index (χ2v) is 5.66. The highest BCUT2D eigenvalue weighted by Gasteiger charge is 2.18. The van der Waals surface area contributed by atoms with Gasteiger partial charge in [-0.25, -0.2) is 0 Å². The van der Waals surface area contributed by atoms with E-state index in [1.807, 2.05) is 0 Å². The molecule has 1 unspecified atom stereocenters. The molecular formula is C17H21NO. The lowest BCUT2D eigenvalue weighted by Gasteiger charge is -2.07. The van der Waals surface area contributed by atoms with Crippen LogP contribution in [-0.2, 0) is 13.0 Å². The normalized spacial score (nSPS) is 18.9. The number of fused-ring (bicyclic) bond motifs is 1. The molecule has 1 aromatic carbocycles. The van der Waals surface area contributed by atoms with E-state index in [4.69, 9.17) is 0 Å². The van der Waals surface area contributed by atoms with Crippen LogP contribution < -0.4 is 0 Å². The van der Waals surface area contributed by atoms with Gasteiger partial charge in [0.05, 0.1) is 6.10 Å². The highest BCUT2D eigenvalue weighted by molar-refractivity contribution is 5.29. The smallest absolute Gasteiger partial charge is 0.0807 e. The average molecular weight is 255 g/mol. The Labute approximate surface area is 114 Å². The van der Waals surface area contributed by atoms with E-state index in [1.165, 1.54) is 23.1 Å². The Hall–Kier alpha value is -1.54. The Morgan fingerprint density at radius 2 is 2.16 bits per heavy atom.